The van der Waals surface area contributed by atoms with Gasteiger partial charge in [-0.1, -0.05) is 0 Å². The molecule has 0 nitrogen and oxygen atoms in total. The van der Waals surface area contributed by atoms with Crippen molar-refractivity contribution in [1.29, 1.82) is 0 Å². The third kappa shape index (κ3) is 9.48. The van der Waals surface area contributed by atoms with Crippen LogP contribution in [0.5, 0.6) is 0 Å². The predicted octanol–water partition coefficient (Wildman–Crippen LogP) is 15.6. The van der Waals surface area contributed by atoms with Gasteiger partial charge in [-0.3, -0.25) is 0 Å². The molecular formula is C50H78Cl2GeSi6. The van der Waals surface area contributed by atoms with Crippen LogP contribution >= 0.6 is 21.6 Å². The average molecular weight is 991 g/mol. The molecule has 1 aliphatic rings. The van der Waals surface area contributed by atoms with E-state index in [2.05, 4.69) is 211 Å². The predicted molar refractivity (Wildman–Crippen MR) is 290 cm³/mol. The van der Waals surface area contributed by atoms with E-state index in [0.717, 1.165) is 3.86 Å². The van der Waals surface area contributed by atoms with Crippen molar-refractivity contribution in [2.45, 2.75) is 154 Å². The van der Waals surface area contributed by atoms with E-state index in [4.69, 9.17) is 11.6 Å². The van der Waals surface area contributed by atoms with Crippen LogP contribution in [0.2, 0.25) is 118 Å². The molecule has 0 spiro atoms. The van der Waals surface area contributed by atoms with E-state index in [-0.39, 0.29) is 0 Å². The maximum absolute atomic E-state index is 9.40. The van der Waals surface area contributed by atoms with Gasteiger partial charge in [-0.15, -0.1) is 0 Å². The molecule has 0 bridgehead atoms. The second-order valence-electron chi connectivity index (χ2n) is 24.8. The van der Waals surface area contributed by atoms with Gasteiger partial charge in [-0.25, -0.2) is 0 Å². The first-order valence-corrected chi connectivity index (χ1v) is 49.9. The summed E-state index contributed by atoms with van der Waals surface area (Å²) in [4.78, 5) is 0. The Morgan fingerprint density at radius 3 is 1.05 bits per heavy atom. The van der Waals surface area contributed by atoms with E-state index in [1.807, 2.05) is 0 Å². The minimum atomic E-state index is -4.42. The summed E-state index contributed by atoms with van der Waals surface area (Å²) in [5, 5.41) is 1.63. The van der Waals surface area contributed by atoms with Crippen LogP contribution in [0.4, 0.5) is 0 Å². The molecule has 1 aliphatic carbocycles. The monoisotopic (exact) mass is 990 g/mol. The summed E-state index contributed by atoms with van der Waals surface area (Å²) in [5.74, 6) is 0. The summed E-state index contributed by atoms with van der Waals surface area (Å²) in [6.07, 6.45) is 0. The van der Waals surface area contributed by atoms with Gasteiger partial charge in [0, 0.05) is 0 Å². The Bertz CT molecular complexity index is 2110. The van der Waals surface area contributed by atoms with Crippen LogP contribution in [0.25, 0.3) is 16.7 Å². The van der Waals surface area contributed by atoms with Crippen LogP contribution in [0.1, 0.15) is 60.0 Å². The van der Waals surface area contributed by atoms with Gasteiger partial charge in [-0.05, 0) is 0 Å². The molecule has 59 heavy (non-hydrogen) atoms. The van der Waals surface area contributed by atoms with Crippen molar-refractivity contribution in [2.24, 2.45) is 0 Å². The quantitative estimate of drug-likeness (QED) is 0.109. The summed E-state index contributed by atoms with van der Waals surface area (Å²) in [6, 6.07) is 28.4. The Morgan fingerprint density at radius 1 is 0.441 bits per heavy atom. The Morgan fingerprint density at radius 2 is 0.746 bits per heavy atom. The molecule has 0 heterocycles. The van der Waals surface area contributed by atoms with E-state index >= 15 is 0 Å². The Kier molecular flexibility index (Phi) is 13.8. The van der Waals surface area contributed by atoms with Crippen LogP contribution in [-0.2, 0) is 0 Å². The average Bonchev–Trinajstić information content (AvgIpc) is 3.34. The van der Waals surface area contributed by atoms with Gasteiger partial charge in [0.15, 0.2) is 0 Å². The van der Waals surface area contributed by atoms with Gasteiger partial charge in [-0.2, -0.15) is 0 Å². The third-order valence-electron chi connectivity index (χ3n) is 12.9. The summed E-state index contributed by atoms with van der Waals surface area (Å²) in [7, 11) is -1.45. The van der Waals surface area contributed by atoms with Gasteiger partial charge >= 0.3 is 383 Å². The minimum absolute atomic E-state index is 0.504. The van der Waals surface area contributed by atoms with Crippen molar-refractivity contribution in [2.75, 3.05) is 0 Å². The summed E-state index contributed by atoms with van der Waals surface area (Å²) in [6.45, 7) is 54.7. The maximum atomic E-state index is 9.40. The molecule has 9 heteroatoms. The number of aryl methyl sites for hydroxylation is 3. The van der Waals surface area contributed by atoms with Crippen LogP contribution in [0.15, 0.2) is 76.7 Å². The molecule has 4 aromatic carbocycles. The van der Waals surface area contributed by atoms with E-state index < -0.39 is 60.8 Å². The van der Waals surface area contributed by atoms with Crippen LogP contribution in [0.3, 0.4) is 0 Å². The number of hydrogen-bond donors (Lipinski definition) is 0. The van der Waals surface area contributed by atoms with E-state index in [9.17, 15) is 10.0 Å². The van der Waals surface area contributed by atoms with Gasteiger partial charge in [0.2, 0.25) is 0 Å². The van der Waals surface area contributed by atoms with Crippen LogP contribution < -0.4 is 8.79 Å². The molecule has 0 fully saturated rings. The van der Waals surface area contributed by atoms with Crippen LogP contribution in [-0.4, -0.2) is 60.8 Å². The number of halogens is 2. The van der Waals surface area contributed by atoms with Crippen molar-refractivity contribution >= 4 is 96.8 Å². The number of benzene rings is 4. The number of hydrogen-bond acceptors (Lipinski definition) is 0. The second-order valence-corrected chi connectivity index (χ2v) is 68.3. The zero-order valence-corrected chi connectivity index (χ0v) is 50.5. The van der Waals surface area contributed by atoms with Crippen molar-refractivity contribution in [3.8, 4) is 11.1 Å². The van der Waals surface area contributed by atoms with Gasteiger partial charge in [0.05, 0.1) is 0 Å². The standard InChI is InChI=1S/C50H78Cl2GeSi6/c1-34-30-35(2)45(36(3)31-34)53(52,47(51)44-40-28-24-22-26-38(40)39-27-23-25-29-41(39)44)46-42(49(56(10,11)12)57(13,14)15)32-37(48(54(4,5)6)55(7,8)9)33-43(46)50(58(16,17)18)59(19,20)21/h22-33,48-50H,1-21H3. The summed E-state index contributed by atoms with van der Waals surface area (Å²) < 4.78 is 3.82. The molecule has 320 valence electrons. The van der Waals surface area contributed by atoms with Crippen molar-refractivity contribution in [1.82, 2.24) is 0 Å². The Hall–Kier alpha value is -0.956. The van der Waals surface area contributed by atoms with Crippen molar-refractivity contribution < 1.29 is 0 Å². The summed E-state index contributed by atoms with van der Waals surface area (Å²) in [5.41, 5.74) is 14.9. The molecule has 5 rings (SSSR count). The zero-order chi connectivity index (χ0) is 44.8. The fourth-order valence-electron chi connectivity index (χ4n) is 13.0. The number of fused-ring (bicyclic) bond motifs is 3. The molecule has 0 aromatic heterocycles. The zero-order valence-electron chi connectivity index (χ0n) is 40.9. The van der Waals surface area contributed by atoms with E-state index in [1.54, 1.807) is 16.7 Å². The molecule has 1 unspecified atom stereocenters. The van der Waals surface area contributed by atoms with Crippen molar-refractivity contribution in [3.63, 3.8) is 0 Å². The Balaban J connectivity index is 2.25. The molecule has 1 atom stereocenters. The fraction of sp³-hybridized carbons (Fsp3) is 0.480. The molecule has 0 aliphatic heterocycles. The van der Waals surface area contributed by atoms with Gasteiger partial charge < -0.3 is 0 Å². The summed E-state index contributed by atoms with van der Waals surface area (Å²) >= 11 is 4.23. The molecule has 0 N–H and O–H groups in total. The molecule has 0 radical (unpaired) electrons. The molecule has 0 saturated heterocycles. The number of rotatable bonds is 12. The first-order valence-electron chi connectivity index (χ1n) is 22.2. The van der Waals surface area contributed by atoms with E-state index in [1.165, 1.54) is 53.3 Å². The first kappa shape index (κ1) is 49.1. The van der Waals surface area contributed by atoms with Gasteiger partial charge in [0.1, 0.15) is 0 Å². The molecular weight excluding hydrogens is 913 g/mol. The molecule has 4 aromatic rings. The third-order valence-corrected chi connectivity index (χ3v) is 53.5. The molecule has 0 saturated carbocycles. The van der Waals surface area contributed by atoms with Crippen molar-refractivity contribution in [3.05, 3.63) is 121 Å². The van der Waals surface area contributed by atoms with Crippen LogP contribution in [0, 0.1) is 20.8 Å². The topological polar surface area (TPSA) is 0 Å². The normalized spacial score (nSPS) is 15.3. The second kappa shape index (κ2) is 16.6. The SMILES string of the molecule is Cc1cc(C)[c]([Ge]([Cl])([C](Cl)=C2c3ccccc3-c3ccccc32)[c]2c(C([Si](C)(C)C)[Si](C)(C)C)cc(C([Si](C)(C)C)[Si](C)(C)C)cc2C([Si](C)(C)C)[Si](C)(C)C)c(C)c1. The van der Waals surface area contributed by atoms with Gasteiger partial charge in [0.25, 0.3) is 0 Å². The Labute approximate surface area is 380 Å². The van der Waals surface area contributed by atoms with E-state index in [0.29, 0.717) is 15.5 Å². The molecule has 0 amide bonds. The first-order chi connectivity index (χ1) is 26.6. The fourth-order valence-corrected chi connectivity index (χ4v) is 64.6.